The van der Waals surface area contributed by atoms with Crippen LogP contribution in [0.5, 0.6) is 0 Å². The van der Waals surface area contributed by atoms with Crippen LogP contribution in [0.3, 0.4) is 0 Å². The number of pyridine rings is 2. The number of rotatable bonds is 4. The Kier molecular flexibility index (Phi) is 4.85. The summed E-state index contributed by atoms with van der Waals surface area (Å²) in [5.74, 6) is 0.414. The van der Waals surface area contributed by atoms with E-state index in [0.29, 0.717) is 11.5 Å². The van der Waals surface area contributed by atoms with E-state index < -0.39 is 0 Å². The summed E-state index contributed by atoms with van der Waals surface area (Å²) in [6, 6.07) is 16.7. The number of hydrogen-bond donors (Lipinski definition) is 2. The Morgan fingerprint density at radius 2 is 1.72 bits per heavy atom. The van der Waals surface area contributed by atoms with Gasteiger partial charge in [0.15, 0.2) is 0 Å². The average Bonchev–Trinajstić information content (AvgIpc) is 2.67. The highest BCUT2D eigenvalue weighted by Crippen LogP contribution is 2.26. The third kappa shape index (κ3) is 3.90. The Labute approximate surface area is 145 Å². The van der Waals surface area contributed by atoms with Crippen molar-refractivity contribution in [3.05, 3.63) is 100 Å². The van der Waals surface area contributed by atoms with E-state index in [1.165, 1.54) is 0 Å². The molecule has 0 saturated heterocycles. The molecule has 0 amide bonds. The maximum atomic E-state index is 11.6. The van der Waals surface area contributed by atoms with Crippen molar-refractivity contribution < 1.29 is 0 Å². The minimum Gasteiger partial charge on any atom is -0.383 e. The minimum absolute atomic E-state index is 0.161. The van der Waals surface area contributed by atoms with Crippen molar-refractivity contribution in [1.29, 1.82) is 0 Å². The molecule has 0 bridgehead atoms. The predicted molar refractivity (Wildman–Crippen MR) is 101 cm³/mol. The maximum absolute atomic E-state index is 11.6. The SMILES string of the molecule is C/C(=C(\N=C(N)c1ccccc1)c1ccncc1)c1cc[nH]c(=O)c1. The van der Waals surface area contributed by atoms with Crippen LogP contribution in [-0.4, -0.2) is 15.8 Å². The van der Waals surface area contributed by atoms with E-state index in [0.717, 1.165) is 22.3 Å². The Bertz CT molecular complexity index is 973. The Morgan fingerprint density at radius 1 is 1.00 bits per heavy atom. The third-order valence-corrected chi connectivity index (χ3v) is 3.82. The molecule has 3 rings (SSSR count). The molecule has 0 aliphatic rings. The van der Waals surface area contributed by atoms with Crippen molar-refractivity contribution in [3.8, 4) is 0 Å². The summed E-state index contributed by atoms with van der Waals surface area (Å²) in [6.45, 7) is 1.92. The molecule has 2 aromatic heterocycles. The molecular formula is C20H18N4O. The number of aromatic nitrogens is 2. The summed E-state index contributed by atoms with van der Waals surface area (Å²) in [5, 5.41) is 0. The molecule has 0 aliphatic heterocycles. The summed E-state index contributed by atoms with van der Waals surface area (Å²) in [4.78, 5) is 23.0. The fourth-order valence-electron chi connectivity index (χ4n) is 2.48. The molecule has 0 spiro atoms. The smallest absolute Gasteiger partial charge is 0.248 e. The van der Waals surface area contributed by atoms with Gasteiger partial charge in [0, 0.05) is 35.8 Å². The van der Waals surface area contributed by atoms with Crippen molar-refractivity contribution in [2.75, 3.05) is 0 Å². The third-order valence-electron chi connectivity index (χ3n) is 3.82. The fraction of sp³-hybridized carbons (Fsp3) is 0.0500. The summed E-state index contributed by atoms with van der Waals surface area (Å²) in [7, 11) is 0. The zero-order chi connectivity index (χ0) is 17.6. The monoisotopic (exact) mass is 330 g/mol. The number of nitrogens with one attached hydrogen (secondary N) is 1. The van der Waals surface area contributed by atoms with Crippen molar-refractivity contribution in [2.45, 2.75) is 6.92 Å². The van der Waals surface area contributed by atoms with Gasteiger partial charge in [-0.2, -0.15) is 0 Å². The van der Waals surface area contributed by atoms with Gasteiger partial charge in [-0.25, -0.2) is 4.99 Å². The number of aliphatic imine (C=N–C) groups is 1. The van der Waals surface area contributed by atoms with E-state index in [1.807, 2.05) is 55.5 Å². The summed E-state index contributed by atoms with van der Waals surface area (Å²) < 4.78 is 0. The van der Waals surface area contributed by atoms with E-state index in [1.54, 1.807) is 24.7 Å². The fourth-order valence-corrected chi connectivity index (χ4v) is 2.48. The van der Waals surface area contributed by atoms with Gasteiger partial charge in [-0.1, -0.05) is 30.3 Å². The molecule has 0 atom stereocenters. The van der Waals surface area contributed by atoms with Crippen LogP contribution in [0, 0.1) is 0 Å². The van der Waals surface area contributed by atoms with Gasteiger partial charge < -0.3 is 10.7 Å². The molecule has 2 heterocycles. The van der Waals surface area contributed by atoms with Gasteiger partial charge in [0.05, 0.1) is 5.70 Å². The number of nitrogens with two attached hydrogens (primary N) is 1. The van der Waals surface area contributed by atoms with Crippen LogP contribution in [0.1, 0.15) is 23.6 Å². The lowest BCUT2D eigenvalue weighted by Gasteiger charge is -2.10. The number of amidine groups is 1. The molecule has 0 aliphatic carbocycles. The highest BCUT2D eigenvalue weighted by molar-refractivity contribution is 6.03. The Hall–Kier alpha value is -3.47. The summed E-state index contributed by atoms with van der Waals surface area (Å²) in [5.41, 5.74) is 10.1. The van der Waals surface area contributed by atoms with Crippen molar-refractivity contribution in [1.82, 2.24) is 9.97 Å². The lowest BCUT2D eigenvalue weighted by Crippen LogP contribution is -2.13. The second-order valence-electron chi connectivity index (χ2n) is 5.51. The highest BCUT2D eigenvalue weighted by Gasteiger charge is 2.09. The first-order chi connectivity index (χ1) is 12.1. The predicted octanol–water partition coefficient (Wildman–Crippen LogP) is 3.06. The molecule has 5 nitrogen and oxygen atoms in total. The molecule has 25 heavy (non-hydrogen) atoms. The average molecular weight is 330 g/mol. The molecule has 5 heteroatoms. The largest absolute Gasteiger partial charge is 0.383 e. The summed E-state index contributed by atoms with van der Waals surface area (Å²) in [6.07, 6.45) is 5.03. The summed E-state index contributed by atoms with van der Waals surface area (Å²) >= 11 is 0. The maximum Gasteiger partial charge on any atom is 0.248 e. The molecule has 0 unspecified atom stereocenters. The Balaban J connectivity index is 2.17. The molecule has 3 N–H and O–H groups in total. The quantitative estimate of drug-likeness (QED) is 0.569. The number of hydrogen-bond acceptors (Lipinski definition) is 3. The van der Waals surface area contributed by atoms with Crippen LogP contribution in [0.15, 0.2) is 83.0 Å². The van der Waals surface area contributed by atoms with Crippen molar-refractivity contribution in [3.63, 3.8) is 0 Å². The molecule has 3 aromatic rings. The first kappa shape index (κ1) is 16.4. The van der Waals surface area contributed by atoms with Crippen molar-refractivity contribution >= 4 is 17.1 Å². The number of allylic oxidation sites excluding steroid dienone is 1. The zero-order valence-corrected chi connectivity index (χ0v) is 13.8. The van der Waals surface area contributed by atoms with Gasteiger partial charge in [-0.15, -0.1) is 0 Å². The number of benzene rings is 1. The molecule has 0 fully saturated rings. The second-order valence-corrected chi connectivity index (χ2v) is 5.51. The topological polar surface area (TPSA) is 84.1 Å². The van der Waals surface area contributed by atoms with E-state index >= 15 is 0 Å². The van der Waals surface area contributed by atoms with Gasteiger partial charge in [-0.05, 0) is 36.3 Å². The van der Waals surface area contributed by atoms with Gasteiger partial charge >= 0.3 is 0 Å². The van der Waals surface area contributed by atoms with Crippen LogP contribution >= 0.6 is 0 Å². The van der Waals surface area contributed by atoms with E-state index in [2.05, 4.69) is 15.0 Å². The molecule has 0 radical (unpaired) electrons. The van der Waals surface area contributed by atoms with E-state index in [-0.39, 0.29) is 5.56 Å². The van der Waals surface area contributed by atoms with E-state index in [4.69, 9.17) is 5.73 Å². The first-order valence-corrected chi connectivity index (χ1v) is 7.85. The van der Waals surface area contributed by atoms with Crippen LogP contribution in [0.25, 0.3) is 11.3 Å². The van der Waals surface area contributed by atoms with Gasteiger partial charge in [0.2, 0.25) is 5.56 Å². The number of nitrogens with zero attached hydrogens (tertiary/aromatic N) is 2. The molecule has 124 valence electrons. The first-order valence-electron chi connectivity index (χ1n) is 7.85. The van der Waals surface area contributed by atoms with Gasteiger partial charge in [0.1, 0.15) is 5.84 Å². The number of H-pyrrole nitrogens is 1. The number of aromatic amines is 1. The normalized spacial score (nSPS) is 12.6. The second kappa shape index (κ2) is 7.40. The standard InChI is InChI=1S/C20H18N4O/c1-14(17-9-12-23-18(25)13-17)19(15-7-10-22-11-8-15)24-20(21)16-5-3-2-4-6-16/h2-13H,1H3,(H2,21,24)(H,23,25)/b19-14+. The minimum atomic E-state index is -0.161. The van der Waals surface area contributed by atoms with Gasteiger partial charge in [-0.3, -0.25) is 9.78 Å². The van der Waals surface area contributed by atoms with Crippen LogP contribution < -0.4 is 11.3 Å². The molecular weight excluding hydrogens is 312 g/mol. The molecule has 0 saturated carbocycles. The van der Waals surface area contributed by atoms with Gasteiger partial charge in [0.25, 0.3) is 0 Å². The Morgan fingerprint density at radius 3 is 2.40 bits per heavy atom. The van der Waals surface area contributed by atoms with Crippen LogP contribution in [0.2, 0.25) is 0 Å². The van der Waals surface area contributed by atoms with Crippen LogP contribution in [0.4, 0.5) is 0 Å². The zero-order valence-electron chi connectivity index (χ0n) is 13.8. The van der Waals surface area contributed by atoms with E-state index in [9.17, 15) is 4.79 Å². The molecule has 1 aromatic carbocycles. The van der Waals surface area contributed by atoms with Crippen LogP contribution in [-0.2, 0) is 0 Å². The lowest BCUT2D eigenvalue weighted by atomic mass is 10.0. The highest BCUT2D eigenvalue weighted by atomic mass is 16.1. The van der Waals surface area contributed by atoms with Crippen molar-refractivity contribution in [2.24, 2.45) is 10.7 Å². The lowest BCUT2D eigenvalue weighted by molar-refractivity contribution is 1.23.